The standard InChI is InChI=1S/C23H33F2IN4O4Si/c1-33-20(31)12-23(30-22(32)29-21-17(24)10-15(26)11-18(21)25)7-5-6-19(16(23)13-27)28-14-34-8-9-35(2,3)4/h10-11,13H,5-9,12,14,27H2,1-4H3,(H2,29,30,32)/t23-/m0/s1. The van der Waals surface area contributed by atoms with Gasteiger partial charge in [-0.15, -0.1) is 0 Å². The van der Waals surface area contributed by atoms with Crippen LogP contribution in [0.25, 0.3) is 0 Å². The summed E-state index contributed by atoms with van der Waals surface area (Å²) in [5.41, 5.74) is 5.14. The highest BCUT2D eigenvalue weighted by atomic mass is 127. The first-order valence-electron chi connectivity index (χ1n) is 11.2. The molecule has 0 spiro atoms. The van der Waals surface area contributed by atoms with Crippen LogP contribution in [-0.4, -0.2) is 51.8 Å². The molecule has 2 amide bonds. The molecule has 194 valence electrons. The van der Waals surface area contributed by atoms with Crippen molar-refractivity contribution in [2.24, 2.45) is 10.7 Å². The summed E-state index contributed by atoms with van der Waals surface area (Å²) in [6.45, 7) is 7.48. The molecule has 0 bridgehead atoms. The zero-order chi connectivity index (χ0) is 26.2. The summed E-state index contributed by atoms with van der Waals surface area (Å²) >= 11 is 1.77. The third-order valence-electron chi connectivity index (χ3n) is 5.63. The quantitative estimate of drug-likeness (QED) is 0.159. The van der Waals surface area contributed by atoms with Crippen molar-refractivity contribution in [3.63, 3.8) is 0 Å². The Kier molecular flexibility index (Phi) is 10.6. The zero-order valence-electron chi connectivity index (χ0n) is 20.5. The number of ether oxygens (including phenoxy) is 2. The molecule has 0 heterocycles. The number of hydrogen-bond donors (Lipinski definition) is 3. The molecule has 1 aliphatic carbocycles. The van der Waals surface area contributed by atoms with Crippen molar-refractivity contribution in [3.05, 3.63) is 39.1 Å². The molecule has 12 heteroatoms. The van der Waals surface area contributed by atoms with Crippen LogP contribution in [0.4, 0.5) is 19.3 Å². The number of aliphatic imine (C=N–C) groups is 1. The van der Waals surface area contributed by atoms with E-state index in [1.165, 1.54) is 13.3 Å². The fraction of sp³-hybridized carbons (Fsp3) is 0.522. The van der Waals surface area contributed by atoms with E-state index in [0.29, 0.717) is 40.7 Å². The van der Waals surface area contributed by atoms with Crippen molar-refractivity contribution in [1.29, 1.82) is 0 Å². The van der Waals surface area contributed by atoms with Gasteiger partial charge < -0.3 is 25.8 Å². The Morgan fingerprint density at radius 1 is 1.29 bits per heavy atom. The number of nitrogens with two attached hydrogens (primary N) is 1. The van der Waals surface area contributed by atoms with Gasteiger partial charge in [-0.3, -0.25) is 9.79 Å². The molecule has 0 aromatic heterocycles. The number of urea groups is 1. The third kappa shape index (κ3) is 8.53. The molecule has 4 N–H and O–H groups in total. The van der Waals surface area contributed by atoms with E-state index in [-0.39, 0.29) is 13.2 Å². The van der Waals surface area contributed by atoms with E-state index >= 15 is 0 Å². The minimum absolute atomic E-state index is 0.122. The van der Waals surface area contributed by atoms with Gasteiger partial charge in [-0.1, -0.05) is 19.6 Å². The molecule has 1 fully saturated rings. The Bertz CT molecular complexity index is 977. The lowest BCUT2D eigenvalue weighted by Gasteiger charge is -2.40. The van der Waals surface area contributed by atoms with Crippen LogP contribution in [0.15, 0.2) is 28.9 Å². The molecule has 0 aliphatic heterocycles. The molecule has 8 nitrogen and oxygen atoms in total. The van der Waals surface area contributed by atoms with Crippen LogP contribution < -0.4 is 16.4 Å². The largest absolute Gasteiger partial charge is 0.469 e. The molecular formula is C23H33F2IN4O4Si. The molecule has 35 heavy (non-hydrogen) atoms. The third-order valence-corrected chi connectivity index (χ3v) is 7.95. The van der Waals surface area contributed by atoms with Gasteiger partial charge >= 0.3 is 12.0 Å². The number of anilines is 1. The van der Waals surface area contributed by atoms with Crippen molar-refractivity contribution in [2.75, 3.05) is 25.8 Å². The van der Waals surface area contributed by atoms with Gasteiger partial charge in [0, 0.05) is 35.7 Å². The normalized spacial score (nSPS) is 20.7. The molecular weight excluding hydrogens is 589 g/mol. The predicted octanol–water partition coefficient (Wildman–Crippen LogP) is 4.77. The fourth-order valence-electron chi connectivity index (χ4n) is 3.79. The summed E-state index contributed by atoms with van der Waals surface area (Å²) in [4.78, 5) is 29.7. The number of hydrogen-bond acceptors (Lipinski definition) is 6. The van der Waals surface area contributed by atoms with E-state index in [2.05, 4.69) is 35.3 Å². The lowest BCUT2D eigenvalue weighted by atomic mass is 9.74. The van der Waals surface area contributed by atoms with Gasteiger partial charge in [-0.25, -0.2) is 13.6 Å². The van der Waals surface area contributed by atoms with E-state index in [4.69, 9.17) is 15.2 Å². The van der Waals surface area contributed by atoms with Gasteiger partial charge in [-0.05, 0) is 60.0 Å². The number of halogens is 3. The monoisotopic (exact) mass is 622 g/mol. The number of carbonyl (C=O) groups is 2. The molecule has 1 saturated carbocycles. The van der Waals surface area contributed by atoms with E-state index in [1.807, 2.05) is 0 Å². The van der Waals surface area contributed by atoms with Crippen LogP contribution >= 0.6 is 22.6 Å². The number of amides is 2. The van der Waals surface area contributed by atoms with Crippen LogP contribution in [0.2, 0.25) is 25.7 Å². The van der Waals surface area contributed by atoms with Crippen LogP contribution in [0.1, 0.15) is 25.7 Å². The SMILES string of the molecule is COC(=O)C[C@@]1(NC(=O)Nc2c(F)cc(I)cc2F)CCCC(=NCOCC[Si](C)(C)C)C1=CN. The summed E-state index contributed by atoms with van der Waals surface area (Å²) in [6, 6.07) is 2.31. The van der Waals surface area contributed by atoms with Crippen LogP contribution in [0, 0.1) is 15.2 Å². The summed E-state index contributed by atoms with van der Waals surface area (Å²) < 4.78 is 39.4. The van der Waals surface area contributed by atoms with Gasteiger partial charge in [-0.2, -0.15) is 0 Å². The summed E-state index contributed by atoms with van der Waals surface area (Å²) in [5, 5.41) is 4.94. The lowest BCUT2D eigenvalue weighted by molar-refractivity contribution is -0.141. The highest BCUT2D eigenvalue weighted by Gasteiger charge is 2.43. The molecule has 0 radical (unpaired) electrons. The molecule has 0 unspecified atom stereocenters. The average molecular weight is 623 g/mol. The number of esters is 1. The molecule has 2 rings (SSSR count). The van der Waals surface area contributed by atoms with Crippen molar-refractivity contribution >= 4 is 54.1 Å². The maximum absolute atomic E-state index is 14.3. The van der Waals surface area contributed by atoms with Crippen molar-refractivity contribution in [3.8, 4) is 0 Å². The maximum Gasteiger partial charge on any atom is 0.320 e. The van der Waals surface area contributed by atoms with Gasteiger partial charge in [0.2, 0.25) is 0 Å². The number of methoxy groups -OCH3 is 1. The van der Waals surface area contributed by atoms with Gasteiger partial charge in [0.05, 0.1) is 19.1 Å². The number of nitrogens with zero attached hydrogens (tertiary/aromatic N) is 1. The smallest absolute Gasteiger partial charge is 0.320 e. The first-order chi connectivity index (χ1) is 16.4. The number of rotatable bonds is 9. The van der Waals surface area contributed by atoms with Crippen LogP contribution in [0.3, 0.4) is 0 Å². The van der Waals surface area contributed by atoms with Crippen LogP contribution in [0.5, 0.6) is 0 Å². The molecule has 0 saturated heterocycles. The van der Waals surface area contributed by atoms with E-state index in [1.54, 1.807) is 22.6 Å². The minimum Gasteiger partial charge on any atom is -0.469 e. The fourth-order valence-corrected chi connectivity index (χ4v) is 5.09. The Balaban J connectivity index is 2.26. The Hall–Kier alpha value is -2.06. The Morgan fingerprint density at radius 2 is 1.94 bits per heavy atom. The second-order valence-corrected chi connectivity index (χ2v) is 16.4. The topological polar surface area (TPSA) is 115 Å². The molecule has 1 atom stereocenters. The maximum atomic E-state index is 14.3. The second-order valence-electron chi connectivity index (χ2n) is 9.55. The van der Waals surface area contributed by atoms with Crippen molar-refractivity contribution in [1.82, 2.24) is 5.32 Å². The summed E-state index contributed by atoms with van der Waals surface area (Å²) in [6.07, 6.45) is 2.59. The van der Waals surface area contributed by atoms with Crippen molar-refractivity contribution in [2.45, 2.75) is 56.9 Å². The van der Waals surface area contributed by atoms with Crippen molar-refractivity contribution < 1.29 is 27.8 Å². The zero-order valence-corrected chi connectivity index (χ0v) is 23.6. The first-order valence-corrected chi connectivity index (χ1v) is 16.0. The predicted molar refractivity (Wildman–Crippen MR) is 143 cm³/mol. The Morgan fingerprint density at radius 3 is 2.51 bits per heavy atom. The second kappa shape index (κ2) is 12.8. The van der Waals surface area contributed by atoms with Gasteiger partial charge in [0.1, 0.15) is 12.4 Å². The number of benzene rings is 1. The highest BCUT2D eigenvalue weighted by Crippen LogP contribution is 2.35. The first kappa shape index (κ1) is 29.2. The van der Waals surface area contributed by atoms with E-state index < -0.39 is 42.9 Å². The van der Waals surface area contributed by atoms with E-state index in [0.717, 1.165) is 18.2 Å². The van der Waals surface area contributed by atoms with Crippen LogP contribution in [-0.2, 0) is 14.3 Å². The number of carbonyl (C=O) groups excluding carboxylic acids is 2. The van der Waals surface area contributed by atoms with Gasteiger partial charge in [0.15, 0.2) is 11.6 Å². The Labute approximate surface area is 219 Å². The minimum atomic E-state index is -1.27. The van der Waals surface area contributed by atoms with E-state index in [9.17, 15) is 18.4 Å². The summed E-state index contributed by atoms with van der Waals surface area (Å²) in [7, 11) is -0.000762. The molecule has 1 aliphatic rings. The lowest BCUT2D eigenvalue weighted by Crippen LogP contribution is -2.56. The number of nitrogens with one attached hydrogen (secondary N) is 2. The molecule has 1 aromatic carbocycles. The molecule has 1 aromatic rings. The highest BCUT2D eigenvalue weighted by molar-refractivity contribution is 14.1. The average Bonchev–Trinajstić information content (AvgIpc) is 2.75. The summed E-state index contributed by atoms with van der Waals surface area (Å²) in [5.74, 6) is -2.41. The van der Waals surface area contributed by atoms with Gasteiger partial charge in [0.25, 0.3) is 0 Å².